The monoisotopic (exact) mass is 407 g/mol. The highest BCUT2D eigenvalue weighted by Crippen LogP contribution is 2.30. The Bertz CT molecular complexity index is 857. The smallest absolute Gasteiger partial charge is 0.292 e. The molecule has 0 saturated carbocycles. The summed E-state index contributed by atoms with van der Waals surface area (Å²) in [4.78, 5) is 25.4. The summed E-state index contributed by atoms with van der Waals surface area (Å²) in [6.07, 6.45) is 0.117. The van der Waals surface area contributed by atoms with E-state index in [1.807, 2.05) is 27.7 Å². The van der Waals surface area contributed by atoms with Crippen molar-refractivity contribution in [3.63, 3.8) is 0 Å². The maximum Gasteiger partial charge on any atom is 0.292 e. The third kappa shape index (κ3) is 5.38. The molecule has 0 unspecified atom stereocenters. The van der Waals surface area contributed by atoms with Crippen molar-refractivity contribution >= 4 is 17.4 Å². The first-order valence-electron chi connectivity index (χ1n) is 10.7. The largest absolute Gasteiger partial charge is 0.319 e. The van der Waals surface area contributed by atoms with E-state index in [0.717, 1.165) is 33.5 Å². The second-order valence-corrected chi connectivity index (χ2v) is 10.6. The predicted octanol–water partition coefficient (Wildman–Crippen LogP) is 6.27. The summed E-state index contributed by atoms with van der Waals surface area (Å²) in [5.41, 5.74) is 8.27. The van der Waals surface area contributed by atoms with Gasteiger partial charge in [-0.15, -0.1) is 0 Å². The van der Waals surface area contributed by atoms with Gasteiger partial charge >= 0.3 is 0 Å². The number of Topliss-reactive ketones (excluding diaryl/α,β-unsaturated/α-hetero) is 1. The van der Waals surface area contributed by atoms with Crippen LogP contribution in [0.2, 0.25) is 0 Å². The van der Waals surface area contributed by atoms with E-state index >= 15 is 0 Å². The number of carbonyl (C=O) groups is 2. The molecule has 0 aliphatic carbocycles. The van der Waals surface area contributed by atoms with E-state index in [2.05, 4.69) is 71.1 Å². The van der Waals surface area contributed by atoms with Gasteiger partial charge in [-0.25, -0.2) is 0 Å². The zero-order chi connectivity index (χ0) is 23.0. The van der Waals surface area contributed by atoms with Crippen LogP contribution < -0.4 is 5.32 Å². The van der Waals surface area contributed by atoms with Crippen molar-refractivity contribution in [3.8, 4) is 0 Å². The van der Waals surface area contributed by atoms with Gasteiger partial charge in [0.15, 0.2) is 0 Å². The summed E-state index contributed by atoms with van der Waals surface area (Å²) in [7, 11) is 0. The molecule has 1 amide bonds. The van der Waals surface area contributed by atoms with Gasteiger partial charge in [-0.3, -0.25) is 9.59 Å². The zero-order valence-corrected chi connectivity index (χ0v) is 20.3. The standard InChI is InChI=1S/C27H37NO2/c1-16-11-20(26(5,6)7)12-17(2)22(16)15-23(29)25(30)28-24-18(3)13-21(14-19(24)4)27(8,9)10/h11-14H,15H2,1-10H3,(H,28,30). The van der Waals surface area contributed by atoms with Crippen molar-refractivity contribution in [2.24, 2.45) is 0 Å². The average Bonchev–Trinajstić information content (AvgIpc) is 2.58. The quantitative estimate of drug-likeness (QED) is 0.608. The minimum absolute atomic E-state index is 0.0299. The molecule has 0 spiro atoms. The second kappa shape index (κ2) is 8.37. The molecular weight excluding hydrogens is 370 g/mol. The van der Waals surface area contributed by atoms with Gasteiger partial charge < -0.3 is 5.32 Å². The molecule has 0 aromatic heterocycles. The molecule has 0 saturated heterocycles. The van der Waals surface area contributed by atoms with Crippen LogP contribution in [0, 0.1) is 27.7 Å². The summed E-state index contributed by atoms with van der Waals surface area (Å²) in [6.45, 7) is 21.0. The first-order valence-corrected chi connectivity index (χ1v) is 10.7. The van der Waals surface area contributed by atoms with Crippen LogP contribution in [0.15, 0.2) is 24.3 Å². The van der Waals surface area contributed by atoms with Crippen molar-refractivity contribution in [1.29, 1.82) is 0 Å². The maximum atomic E-state index is 12.7. The number of benzene rings is 2. The van der Waals surface area contributed by atoms with Gasteiger partial charge in [0, 0.05) is 12.1 Å². The Morgan fingerprint density at radius 1 is 0.700 bits per heavy atom. The number of rotatable bonds is 4. The Morgan fingerprint density at radius 3 is 1.43 bits per heavy atom. The van der Waals surface area contributed by atoms with Gasteiger partial charge in [0.05, 0.1) is 0 Å². The van der Waals surface area contributed by atoms with Crippen LogP contribution in [0.3, 0.4) is 0 Å². The van der Waals surface area contributed by atoms with E-state index in [4.69, 9.17) is 0 Å². The minimum Gasteiger partial charge on any atom is -0.319 e. The van der Waals surface area contributed by atoms with Crippen LogP contribution >= 0.6 is 0 Å². The molecule has 2 aromatic carbocycles. The number of hydrogen-bond donors (Lipinski definition) is 1. The number of aryl methyl sites for hydroxylation is 4. The summed E-state index contributed by atoms with van der Waals surface area (Å²) in [5.74, 6) is -0.966. The summed E-state index contributed by atoms with van der Waals surface area (Å²) in [5, 5.41) is 2.86. The molecule has 2 aromatic rings. The molecule has 1 N–H and O–H groups in total. The molecule has 30 heavy (non-hydrogen) atoms. The van der Waals surface area contributed by atoms with Gasteiger partial charge in [0.2, 0.25) is 5.78 Å². The number of amides is 1. The molecule has 0 radical (unpaired) electrons. The van der Waals surface area contributed by atoms with Crippen molar-refractivity contribution in [1.82, 2.24) is 0 Å². The van der Waals surface area contributed by atoms with Gasteiger partial charge in [-0.1, -0.05) is 65.8 Å². The molecule has 0 aliphatic rings. The van der Waals surface area contributed by atoms with E-state index in [9.17, 15) is 9.59 Å². The molecule has 3 heteroatoms. The van der Waals surface area contributed by atoms with Gasteiger partial charge in [-0.2, -0.15) is 0 Å². The Morgan fingerprint density at radius 2 is 1.07 bits per heavy atom. The number of carbonyl (C=O) groups excluding carboxylic acids is 2. The average molecular weight is 408 g/mol. The van der Waals surface area contributed by atoms with Crippen molar-refractivity contribution < 1.29 is 9.59 Å². The fourth-order valence-electron chi connectivity index (χ4n) is 3.72. The lowest BCUT2D eigenvalue weighted by Crippen LogP contribution is -2.26. The number of nitrogens with one attached hydrogen (secondary N) is 1. The lowest BCUT2D eigenvalue weighted by Gasteiger charge is -2.23. The molecular formula is C27H37NO2. The Labute approximate surface area is 182 Å². The van der Waals surface area contributed by atoms with Crippen molar-refractivity contribution in [3.05, 3.63) is 63.2 Å². The SMILES string of the molecule is Cc1cc(C(C)(C)C)cc(C)c1CC(=O)C(=O)Nc1c(C)cc(C(C)(C)C)cc1C. The highest BCUT2D eigenvalue weighted by molar-refractivity contribution is 6.41. The molecule has 0 heterocycles. The predicted molar refractivity (Wildman–Crippen MR) is 127 cm³/mol. The first kappa shape index (κ1) is 23.9. The van der Waals surface area contributed by atoms with Crippen molar-refractivity contribution in [2.45, 2.75) is 86.5 Å². The number of anilines is 1. The van der Waals surface area contributed by atoms with Crippen LogP contribution in [0.4, 0.5) is 5.69 Å². The molecule has 3 nitrogen and oxygen atoms in total. The Hall–Kier alpha value is -2.42. The fourth-order valence-corrected chi connectivity index (χ4v) is 3.72. The normalized spacial score (nSPS) is 12.1. The van der Waals surface area contributed by atoms with Gasteiger partial charge in [0.1, 0.15) is 0 Å². The van der Waals surface area contributed by atoms with Gasteiger partial charge in [0.25, 0.3) is 5.91 Å². The highest BCUT2D eigenvalue weighted by atomic mass is 16.2. The van der Waals surface area contributed by atoms with E-state index < -0.39 is 11.7 Å². The van der Waals surface area contributed by atoms with Crippen LogP contribution in [0.1, 0.15) is 80.5 Å². The molecule has 0 bridgehead atoms. The molecule has 0 fully saturated rings. The number of ketones is 1. The molecule has 0 atom stereocenters. The third-order valence-corrected chi connectivity index (χ3v) is 5.79. The minimum atomic E-state index is -0.552. The van der Waals surface area contributed by atoms with E-state index in [0.29, 0.717) is 0 Å². The highest BCUT2D eigenvalue weighted by Gasteiger charge is 2.22. The lowest BCUT2D eigenvalue weighted by atomic mass is 9.83. The summed E-state index contributed by atoms with van der Waals surface area (Å²) < 4.78 is 0. The zero-order valence-electron chi connectivity index (χ0n) is 20.3. The molecule has 0 aliphatic heterocycles. The molecule has 2 rings (SSSR count). The van der Waals surface area contributed by atoms with Gasteiger partial charge in [-0.05, 0) is 77.5 Å². The third-order valence-electron chi connectivity index (χ3n) is 5.79. The molecule has 162 valence electrons. The van der Waals surface area contributed by atoms with Crippen LogP contribution in [0.5, 0.6) is 0 Å². The topological polar surface area (TPSA) is 46.2 Å². The second-order valence-electron chi connectivity index (χ2n) is 10.6. The van der Waals surface area contributed by atoms with Crippen LogP contribution in [-0.4, -0.2) is 11.7 Å². The Kier molecular flexibility index (Phi) is 6.66. The van der Waals surface area contributed by atoms with E-state index in [1.54, 1.807) is 0 Å². The van der Waals surface area contributed by atoms with E-state index in [-0.39, 0.29) is 17.3 Å². The summed E-state index contributed by atoms with van der Waals surface area (Å²) in [6, 6.07) is 8.44. The Balaban J connectivity index is 2.23. The van der Waals surface area contributed by atoms with Crippen LogP contribution in [-0.2, 0) is 26.8 Å². The number of hydrogen-bond acceptors (Lipinski definition) is 2. The van der Waals surface area contributed by atoms with E-state index in [1.165, 1.54) is 11.1 Å². The lowest BCUT2D eigenvalue weighted by molar-refractivity contribution is -0.134. The first-order chi connectivity index (χ1) is 13.6. The van der Waals surface area contributed by atoms with Crippen LogP contribution in [0.25, 0.3) is 0 Å². The summed E-state index contributed by atoms with van der Waals surface area (Å²) >= 11 is 0. The maximum absolute atomic E-state index is 12.7. The van der Waals surface area contributed by atoms with Crippen molar-refractivity contribution in [2.75, 3.05) is 5.32 Å². The fraction of sp³-hybridized carbons (Fsp3) is 0.481.